The first-order chi connectivity index (χ1) is 5.65. The SMILES string of the molecule is CCSc1cc(Br)c(C)cc1F. The Bertz CT molecular complexity index is 286. The predicted octanol–water partition coefficient (Wildman–Crippen LogP) is 4.01. The van der Waals surface area contributed by atoms with Crippen LogP contribution < -0.4 is 0 Å². The van der Waals surface area contributed by atoms with E-state index in [2.05, 4.69) is 15.9 Å². The third-order valence-corrected chi connectivity index (χ3v) is 3.28. The molecule has 1 aromatic carbocycles. The Balaban J connectivity index is 3.05. The first kappa shape index (κ1) is 10.1. The van der Waals surface area contributed by atoms with Gasteiger partial charge in [-0.2, -0.15) is 0 Å². The molecule has 0 aromatic heterocycles. The Morgan fingerprint density at radius 3 is 2.75 bits per heavy atom. The lowest BCUT2D eigenvalue weighted by Gasteiger charge is -2.03. The van der Waals surface area contributed by atoms with E-state index in [0.717, 1.165) is 20.7 Å². The fourth-order valence-electron chi connectivity index (χ4n) is 0.894. The van der Waals surface area contributed by atoms with Crippen molar-refractivity contribution < 1.29 is 4.39 Å². The average molecular weight is 249 g/mol. The first-order valence-electron chi connectivity index (χ1n) is 3.73. The van der Waals surface area contributed by atoms with Crippen LogP contribution in [0.2, 0.25) is 0 Å². The second kappa shape index (κ2) is 4.28. The molecule has 1 aromatic rings. The number of thioether (sulfide) groups is 1. The minimum absolute atomic E-state index is 0.123. The maximum Gasteiger partial charge on any atom is 0.137 e. The second-order valence-corrected chi connectivity index (χ2v) is 4.63. The topological polar surface area (TPSA) is 0 Å². The number of halogens is 2. The van der Waals surface area contributed by atoms with Gasteiger partial charge in [0, 0.05) is 9.37 Å². The summed E-state index contributed by atoms with van der Waals surface area (Å²) in [7, 11) is 0. The number of hydrogen-bond acceptors (Lipinski definition) is 1. The van der Waals surface area contributed by atoms with Gasteiger partial charge in [0.1, 0.15) is 5.82 Å². The third-order valence-electron chi connectivity index (χ3n) is 1.51. The van der Waals surface area contributed by atoms with Crippen LogP contribution in [-0.4, -0.2) is 5.75 Å². The maximum absolute atomic E-state index is 13.2. The second-order valence-electron chi connectivity index (χ2n) is 2.46. The van der Waals surface area contributed by atoms with Gasteiger partial charge in [0.2, 0.25) is 0 Å². The van der Waals surface area contributed by atoms with E-state index in [1.807, 2.05) is 19.9 Å². The summed E-state index contributed by atoms with van der Waals surface area (Å²) < 4.78 is 14.1. The Labute approximate surface area is 84.7 Å². The van der Waals surface area contributed by atoms with Gasteiger partial charge in [-0.25, -0.2) is 4.39 Å². The molecule has 66 valence electrons. The van der Waals surface area contributed by atoms with Crippen LogP contribution >= 0.6 is 27.7 Å². The first-order valence-corrected chi connectivity index (χ1v) is 5.51. The van der Waals surface area contributed by atoms with Gasteiger partial charge in [-0.05, 0) is 30.4 Å². The van der Waals surface area contributed by atoms with Crippen molar-refractivity contribution in [3.63, 3.8) is 0 Å². The summed E-state index contributed by atoms with van der Waals surface area (Å²) in [5.41, 5.74) is 0.938. The molecule has 0 aliphatic heterocycles. The van der Waals surface area contributed by atoms with Gasteiger partial charge in [-0.3, -0.25) is 0 Å². The molecule has 12 heavy (non-hydrogen) atoms. The van der Waals surface area contributed by atoms with Crippen LogP contribution in [0.3, 0.4) is 0 Å². The summed E-state index contributed by atoms with van der Waals surface area (Å²) in [6, 6.07) is 3.39. The van der Waals surface area contributed by atoms with Crippen molar-refractivity contribution in [3.8, 4) is 0 Å². The van der Waals surface area contributed by atoms with E-state index in [4.69, 9.17) is 0 Å². The Morgan fingerprint density at radius 2 is 2.17 bits per heavy atom. The molecule has 0 fully saturated rings. The van der Waals surface area contributed by atoms with Gasteiger partial charge >= 0.3 is 0 Å². The van der Waals surface area contributed by atoms with Crippen LogP contribution in [0.4, 0.5) is 4.39 Å². The van der Waals surface area contributed by atoms with E-state index in [1.54, 1.807) is 6.07 Å². The summed E-state index contributed by atoms with van der Waals surface area (Å²) in [4.78, 5) is 0.718. The summed E-state index contributed by atoms with van der Waals surface area (Å²) >= 11 is 4.89. The van der Waals surface area contributed by atoms with Crippen LogP contribution in [0, 0.1) is 12.7 Å². The Hall–Kier alpha value is -0.0200. The van der Waals surface area contributed by atoms with Crippen LogP contribution in [0.1, 0.15) is 12.5 Å². The molecule has 0 bridgehead atoms. The molecule has 0 spiro atoms. The molecule has 0 nitrogen and oxygen atoms in total. The van der Waals surface area contributed by atoms with Crippen molar-refractivity contribution in [2.75, 3.05) is 5.75 Å². The van der Waals surface area contributed by atoms with E-state index in [0.29, 0.717) is 0 Å². The molecule has 0 amide bonds. The molecular weight excluding hydrogens is 239 g/mol. The maximum atomic E-state index is 13.2. The molecule has 0 heterocycles. The van der Waals surface area contributed by atoms with Crippen LogP contribution in [0.5, 0.6) is 0 Å². The molecule has 3 heteroatoms. The minimum atomic E-state index is -0.123. The lowest BCUT2D eigenvalue weighted by Crippen LogP contribution is -1.85. The van der Waals surface area contributed by atoms with E-state index in [9.17, 15) is 4.39 Å². The van der Waals surface area contributed by atoms with E-state index in [-0.39, 0.29) is 5.82 Å². The zero-order chi connectivity index (χ0) is 9.14. The fourth-order valence-corrected chi connectivity index (χ4v) is 2.10. The van der Waals surface area contributed by atoms with Crippen LogP contribution in [0.25, 0.3) is 0 Å². The largest absolute Gasteiger partial charge is 0.206 e. The van der Waals surface area contributed by atoms with Gasteiger partial charge in [-0.15, -0.1) is 11.8 Å². The van der Waals surface area contributed by atoms with E-state index >= 15 is 0 Å². The normalized spacial score (nSPS) is 10.3. The summed E-state index contributed by atoms with van der Waals surface area (Å²) in [6.07, 6.45) is 0. The molecule has 0 N–H and O–H groups in total. The standard InChI is InChI=1S/C9H10BrFS/c1-3-12-9-5-7(10)6(2)4-8(9)11/h4-5H,3H2,1-2H3. The van der Waals surface area contributed by atoms with Crippen molar-refractivity contribution in [1.82, 2.24) is 0 Å². The van der Waals surface area contributed by atoms with Crippen molar-refractivity contribution in [2.24, 2.45) is 0 Å². The summed E-state index contributed by atoms with van der Waals surface area (Å²) in [6.45, 7) is 3.89. The Kier molecular flexibility index (Phi) is 3.59. The zero-order valence-corrected chi connectivity index (χ0v) is 9.43. The highest BCUT2D eigenvalue weighted by molar-refractivity contribution is 9.10. The van der Waals surface area contributed by atoms with Crippen molar-refractivity contribution in [3.05, 3.63) is 28.0 Å². The third kappa shape index (κ3) is 2.23. The minimum Gasteiger partial charge on any atom is -0.206 e. The lowest BCUT2D eigenvalue weighted by atomic mass is 10.2. The van der Waals surface area contributed by atoms with Gasteiger partial charge in [-0.1, -0.05) is 22.9 Å². The average Bonchev–Trinajstić information content (AvgIpc) is 2.01. The van der Waals surface area contributed by atoms with Crippen molar-refractivity contribution in [2.45, 2.75) is 18.7 Å². The molecule has 0 unspecified atom stereocenters. The lowest BCUT2D eigenvalue weighted by molar-refractivity contribution is 0.600. The number of rotatable bonds is 2. The zero-order valence-electron chi connectivity index (χ0n) is 7.03. The fraction of sp³-hybridized carbons (Fsp3) is 0.333. The Morgan fingerprint density at radius 1 is 1.50 bits per heavy atom. The van der Waals surface area contributed by atoms with Gasteiger partial charge in [0.15, 0.2) is 0 Å². The van der Waals surface area contributed by atoms with Crippen molar-refractivity contribution >= 4 is 27.7 Å². The monoisotopic (exact) mass is 248 g/mol. The molecule has 0 aliphatic rings. The van der Waals surface area contributed by atoms with E-state index in [1.165, 1.54) is 11.8 Å². The van der Waals surface area contributed by atoms with E-state index < -0.39 is 0 Å². The highest BCUT2D eigenvalue weighted by Crippen LogP contribution is 2.27. The molecular formula is C9H10BrFS. The molecule has 0 saturated carbocycles. The number of aryl methyl sites for hydroxylation is 1. The highest BCUT2D eigenvalue weighted by atomic mass is 79.9. The van der Waals surface area contributed by atoms with Gasteiger partial charge in [0.25, 0.3) is 0 Å². The molecule has 0 radical (unpaired) electrons. The van der Waals surface area contributed by atoms with Crippen LogP contribution in [0.15, 0.2) is 21.5 Å². The quantitative estimate of drug-likeness (QED) is 0.713. The molecule has 0 saturated heterocycles. The molecule has 1 rings (SSSR count). The predicted molar refractivity (Wildman–Crippen MR) is 55.2 cm³/mol. The van der Waals surface area contributed by atoms with Crippen LogP contribution in [-0.2, 0) is 0 Å². The highest BCUT2D eigenvalue weighted by Gasteiger charge is 2.04. The van der Waals surface area contributed by atoms with Gasteiger partial charge in [0.05, 0.1) is 0 Å². The smallest absolute Gasteiger partial charge is 0.137 e. The number of benzene rings is 1. The molecule has 0 aliphatic carbocycles. The van der Waals surface area contributed by atoms with Crippen molar-refractivity contribution in [1.29, 1.82) is 0 Å². The molecule has 0 atom stereocenters. The van der Waals surface area contributed by atoms with Gasteiger partial charge < -0.3 is 0 Å². The number of hydrogen-bond donors (Lipinski definition) is 0. The summed E-state index contributed by atoms with van der Waals surface area (Å²) in [5, 5.41) is 0. The summed E-state index contributed by atoms with van der Waals surface area (Å²) in [5.74, 6) is 0.773.